The number of carbonyl (C=O) groups is 3. The molecule has 2 aliphatic heterocycles. The third kappa shape index (κ3) is 8.19. The SMILES string of the molecule is CCCC1C(C(=O)N2CCC(C#N)(c3ccccc3OC3CCC(C(=O)O)C3)CC2)CCCCCN1C(=O)Cc1ncccc1C(F)(F)F. The highest BCUT2D eigenvalue weighted by Crippen LogP contribution is 2.42. The number of hydrogen-bond acceptors (Lipinski definition) is 6. The number of carboxylic acids is 1. The van der Waals surface area contributed by atoms with Crippen LogP contribution >= 0.6 is 0 Å². The molecule has 1 saturated carbocycles. The van der Waals surface area contributed by atoms with Gasteiger partial charge >= 0.3 is 12.1 Å². The average Bonchev–Trinajstić information content (AvgIpc) is 3.55. The van der Waals surface area contributed by atoms with E-state index >= 15 is 0 Å². The van der Waals surface area contributed by atoms with Crippen molar-refractivity contribution >= 4 is 17.8 Å². The predicted octanol–water partition coefficient (Wildman–Crippen LogP) is 6.55. The van der Waals surface area contributed by atoms with Gasteiger partial charge in [0, 0.05) is 37.4 Å². The smallest absolute Gasteiger partial charge is 0.418 e. The Hall–Kier alpha value is -4.14. The number of piperidine rings is 1. The molecule has 12 heteroatoms. The largest absolute Gasteiger partial charge is 0.490 e. The van der Waals surface area contributed by atoms with Gasteiger partial charge in [-0.05, 0) is 69.6 Å². The molecule has 1 aromatic heterocycles. The Balaban J connectivity index is 1.32. The van der Waals surface area contributed by atoms with E-state index in [1.807, 2.05) is 31.2 Å². The molecule has 5 rings (SSSR count). The summed E-state index contributed by atoms with van der Waals surface area (Å²) in [4.78, 5) is 46.9. The number of carbonyl (C=O) groups excluding carboxylic acids is 2. The lowest BCUT2D eigenvalue weighted by Crippen LogP contribution is -2.54. The summed E-state index contributed by atoms with van der Waals surface area (Å²) < 4.78 is 47.4. The molecule has 1 aliphatic carbocycles. The molecule has 4 atom stereocenters. The van der Waals surface area contributed by atoms with Crippen molar-refractivity contribution in [3.63, 3.8) is 0 Å². The zero-order chi connectivity index (χ0) is 35.2. The zero-order valence-electron chi connectivity index (χ0n) is 28.0. The number of para-hydroxylation sites is 1. The van der Waals surface area contributed by atoms with Crippen molar-refractivity contribution in [3.05, 3.63) is 59.4 Å². The van der Waals surface area contributed by atoms with Crippen molar-refractivity contribution in [3.8, 4) is 11.8 Å². The Bertz CT molecular complexity index is 1530. The van der Waals surface area contributed by atoms with E-state index in [2.05, 4.69) is 11.1 Å². The Morgan fingerprint density at radius 2 is 1.80 bits per heavy atom. The molecule has 3 fully saturated rings. The Labute approximate surface area is 285 Å². The summed E-state index contributed by atoms with van der Waals surface area (Å²) in [5.41, 5.74) is -1.40. The number of aromatic nitrogens is 1. The van der Waals surface area contributed by atoms with E-state index < -0.39 is 53.3 Å². The molecule has 2 amide bonds. The van der Waals surface area contributed by atoms with E-state index in [1.54, 1.807) is 9.80 Å². The molecule has 264 valence electrons. The second-order valence-corrected chi connectivity index (χ2v) is 13.7. The number of alkyl halides is 3. The van der Waals surface area contributed by atoms with Crippen LogP contribution in [0.25, 0.3) is 0 Å². The lowest BCUT2D eigenvalue weighted by molar-refractivity contribution is -0.145. The highest BCUT2D eigenvalue weighted by Gasteiger charge is 2.44. The number of ether oxygens (including phenoxy) is 1. The van der Waals surface area contributed by atoms with Gasteiger partial charge in [-0.1, -0.05) is 44.4 Å². The summed E-state index contributed by atoms with van der Waals surface area (Å²) in [6, 6.07) is 11.6. The van der Waals surface area contributed by atoms with Gasteiger partial charge in [-0.25, -0.2) is 0 Å². The van der Waals surface area contributed by atoms with Gasteiger partial charge in [0.1, 0.15) is 5.75 Å². The topological polar surface area (TPSA) is 124 Å². The van der Waals surface area contributed by atoms with E-state index in [9.17, 15) is 37.9 Å². The van der Waals surface area contributed by atoms with Gasteiger partial charge in [0.15, 0.2) is 0 Å². The van der Waals surface area contributed by atoms with Crippen LogP contribution in [0.2, 0.25) is 0 Å². The first-order chi connectivity index (χ1) is 23.5. The van der Waals surface area contributed by atoms with Crippen LogP contribution in [0.15, 0.2) is 42.6 Å². The summed E-state index contributed by atoms with van der Waals surface area (Å²) in [6.07, 6.45) is 2.33. The van der Waals surface area contributed by atoms with Crippen molar-refractivity contribution in [2.75, 3.05) is 19.6 Å². The monoisotopic (exact) mass is 682 g/mol. The van der Waals surface area contributed by atoms with Crippen molar-refractivity contribution < 1.29 is 37.4 Å². The molecular weight excluding hydrogens is 637 g/mol. The van der Waals surface area contributed by atoms with Gasteiger partial charge in [0.05, 0.1) is 47.1 Å². The number of benzene rings is 1. The van der Waals surface area contributed by atoms with E-state index in [0.717, 1.165) is 24.5 Å². The van der Waals surface area contributed by atoms with Crippen LogP contribution in [0.5, 0.6) is 5.75 Å². The van der Waals surface area contributed by atoms with E-state index in [-0.39, 0.29) is 17.7 Å². The fraction of sp³-hybridized carbons (Fsp3) is 0.595. The first-order valence-corrected chi connectivity index (χ1v) is 17.5. The summed E-state index contributed by atoms with van der Waals surface area (Å²) in [6.45, 7) is 3.00. The van der Waals surface area contributed by atoms with Crippen LogP contribution in [0.3, 0.4) is 0 Å². The van der Waals surface area contributed by atoms with Crippen LogP contribution in [0.1, 0.15) is 94.4 Å². The van der Waals surface area contributed by atoms with Crippen molar-refractivity contribution in [2.24, 2.45) is 11.8 Å². The number of nitriles is 1. The maximum atomic E-state index is 14.3. The molecule has 0 spiro atoms. The Morgan fingerprint density at radius 1 is 1.04 bits per heavy atom. The summed E-state index contributed by atoms with van der Waals surface area (Å²) >= 11 is 0. The number of halogens is 3. The van der Waals surface area contributed by atoms with Gasteiger partial charge in [-0.2, -0.15) is 18.4 Å². The molecule has 9 nitrogen and oxygen atoms in total. The van der Waals surface area contributed by atoms with E-state index in [4.69, 9.17) is 4.74 Å². The number of aliphatic carboxylic acids is 1. The fourth-order valence-electron chi connectivity index (χ4n) is 7.93. The van der Waals surface area contributed by atoms with E-state index in [0.29, 0.717) is 83.2 Å². The van der Waals surface area contributed by atoms with Crippen LogP contribution < -0.4 is 4.74 Å². The molecule has 0 bridgehead atoms. The van der Waals surface area contributed by atoms with Gasteiger partial charge < -0.3 is 19.6 Å². The van der Waals surface area contributed by atoms with Crippen LogP contribution in [0, 0.1) is 23.2 Å². The first-order valence-electron chi connectivity index (χ1n) is 17.5. The standard InChI is InChI=1S/C37H45F3N4O5/c1-2-9-31-27(10-4-3-7-19-44(31)33(45)23-30-28(37(38,39)40)12-8-18-42-30)34(46)43-20-16-36(24-41,17-21-43)29-11-5-6-13-32(29)49-26-15-14-25(22-26)35(47)48/h5-6,8,11-13,18,25-27,31H,2-4,7,9-10,14-17,19-23H2,1H3,(H,47,48). The molecule has 4 unspecified atom stereocenters. The summed E-state index contributed by atoms with van der Waals surface area (Å²) in [7, 11) is 0. The van der Waals surface area contributed by atoms with Gasteiger partial charge in [0.2, 0.25) is 11.8 Å². The molecule has 49 heavy (non-hydrogen) atoms. The lowest BCUT2D eigenvalue weighted by atomic mass is 9.73. The maximum Gasteiger partial charge on any atom is 0.418 e. The van der Waals surface area contributed by atoms with Crippen LogP contribution in [-0.2, 0) is 32.4 Å². The number of rotatable bonds is 9. The maximum absolute atomic E-state index is 14.3. The quantitative estimate of drug-likeness (QED) is 0.318. The third-order valence-corrected chi connectivity index (χ3v) is 10.6. The number of likely N-dealkylation sites (tertiary alicyclic amines) is 2. The average molecular weight is 683 g/mol. The van der Waals surface area contributed by atoms with E-state index in [1.165, 1.54) is 12.3 Å². The molecule has 2 aromatic rings. The molecular formula is C37H45F3N4O5. The van der Waals surface area contributed by atoms with Gasteiger partial charge in [0.25, 0.3) is 0 Å². The minimum absolute atomic E-state index is 0.0892. The highest BCUT2D eigenvalue weighted by molar-refractivity contribution is 5.83. The molecule has 3 aliphatic rings. The first kappa shape index (κ1) is 36.1. The molecule has 2 saturated heterocycles. The van der Waals surface area contributed by atoms with Crippen molar-refractivity contribution in [1.29, 1.82) is 5.26 Å². The van der Waals surface area contributed by atoms with Crippen molar-refractivity contribution in [1.82, 2.24) is 14.8 Å². The summed E-state index contributed by atoms with van der Waals surface area (Å²) in [5, 5.41) is 20.0. The normalized spacial score (nSPS) is 24.4. The number of amides is 2. The fourth-order valence-corrected chi connectivity index (χ4v) is 7.93. The van der Waals surface area contributed by atoms with Crippen LogP contribution in [-0.4, -0.2) is 69.5 Å². The second kappa shape index (κ2) is 15.6. The second-order valence-electron chi connectivity index (χ2n) is 13.7. The Morgan fingerprint density at radius 3 is 2.47 bits per heavy atom. The van der Waals surface area contributed by atoms with Gasteiger partial charge in [-0.15, -0.1) is 0 Å². The number of hydrogen-bond donors (Lipinski definition) is 1. The predicted molar refractivity (Wildman–Crippen MR) is 174 cm³/mol. The number of carboxylic acid groups (broad SMARTS) is 1. The lowest BCUT2D eigenvalue weighted by Gasteiger charge is -2.43. The summed E-state index contributed by atoms with van der Waals surface area (Å²) in [5.74, 6) is -1.76. The molecule has 0 radical (unpaired) electrons. The number of nitrogens with zero attached hydrogens (tertiary/aromatic N) is 4. The highest BCUT2D eigenvalue weighted by atomic mass is 19.4. The third-order valence-electron chi connectivity index (χ3n) is 10.6. The number of pyridine rings is 1. The molecule has 3 heterocycles. The van der Waals surface area contributed by atoms with Crippen molar-refractivity contribution in [2.45, 2.75) is 108 Å². The van der Waals surface area contributed by atoms with Gasteiger partial charge in [-0.3, -0.25) is 19.4 Å². The minimum atomic E-state index is -4.64. The molecule has 1 N–H and O–H groups in total. The Kier molecular flexibility index (Phi) is 11.5. The zero-order valence-corrected chi connectivity index (χ0v) is 28.0. The van der Waals surface area contributed by atoms with Crippen LogP contribution in [0.4, 0.5) is 13.2 Å². The molecule has 1 aromatic carbocycles. The minimum Gasteiger partial charge on any atom is -0.490 e.